The quantitative estimate of drug-likeness (QED) is 0.177. The average Bonchev–Trinajstić information content (AvgIpc) is 2.99. The number of nitrogens with zero attached hydrogens (tertiary/aromatic N) is 4. The van der Waals surface area contributed by atoms with Gasteiger partial charge in [0.2, 0.25) is 0 Å². The number of hydrogen-bond acceptors (Lipinski definition) is 4. The average molecular weight is 591 g/mol. The summed E-state index contributed by atoms with van der Waals surface area (Å²) in [5.74, 6) is 1.31. The highest BCUT2D eigenvalue weighted by Gasteiger charge is 2.42. The van der Waals surface area contributed by atoms with Crippen molar-refractivity contribution in [2.45, 2.75) is 63.2 Å². The molecule has 0 bridgehead atoms. The van der Waals surface area contributed by atoms with Crippen LogP contribution >= 0.6 is 17.2 Å². The Labute approximate surface area is 254 Å². The third-order valence-electron chi connectivity index (χ3n) is 7.62. The lowest BCUT2D eigenvalue weighted by Crippen LogP contribution is -2.30. The summed E-state index contributed by atoms with van der Waals surface area (Å²) in [5.41, 5.74) is 7.13. The van der Waals surface area contributed by atoms with Crippen LogP contribution in [0.3, 0.4) is 0 Å². The molecule has 214 valence electrons. The van der Waals surface area contributed by atoms with Crippen LogP contribution in [0.25, 0.3) is 22.3 Å². The Morgan fingerprint density at radius 3 is 1.38 bits per heavy atom. The second-order valence-electron chi connectivity index (χ2n) is 12.7. The maximum absolute atomic E-state index is 4.80. The van der Waals surface area contributed by atoms with Gasteiger partial charge in [-0.1, -0.05) is 110 Å². The third kappa shape index (κ3) is 6.22. The van der Waals surface area contributed by atoms with Gasteiger partial charge >= 0.3 is 0 Å². The molecule has 0 saturated heterocycles. The SMILES string of the molecule is CC(C)(C)P(Cc1cc(-c2ccccc2)c(-c2ccccc2)cc1C(P)(c1ncccn1)c1ncccn1)C(C)(C)C. The number of hydrogen-bond donors (Lipinski definition) is 0. The minimum absolute atomic E-state index is 0.145. The number of benzene rings is 3. The highest BCUT2D eigenvalue weighted by atomic mass is 31.1. The van der Waals surface area contributed by atoms with Gasteiger partial charge in [0.15, 0.2) is 0 Å². The molecule has 0 spiro atoms. The molecule has 0 amide bonds. The molecule has 0 saturated carbocycles. The summed E-state index contributed by atoms with van der Waals surface area (Å²) in [6.45, 7) is 14.3. The van der Waals surface area contributed by atoms with Gasteiger partial charge in [0.25, 0.3) is 0 Å². The zero-order chi connectivity index (χ0) is 30.0. The lowest BCUT2D eigenvalue weighted by molar-refractivity contribution is 0.698. The van der Waals surface area contributed by atoms with Crippen LogP contribution in [-0.2, 0) is 11.3 Å². The standard InChI is InChI=1S/C36H40N4P2/c1-34(2,3)42(35(4,5)6)25-28-23-29(26-15-9-7-10-16-26)30(27-17-11-8-12-18-27)24-31(28)36(41,32-37-19-13-20-38-32)33-39-21-14-22-40-33/h7-24H,25,41H2,1-6H3. The van der Waals surface area contributed by atoms with Crippen molar-refractivity contribution in [1.29, 1.82) is 0 Å². The van der Waals surface area contributed by atoms with Gasteiger partial charge in [-0.25, -0.2) is 19.9 Å². The van der Waals surface area contributed by atoms with E-state index in [1.165, 1.54) is 16.7 Å². The Kier molecular flexibility index (Phi) is 8.70. The van der Waals surface area contributed by atoms with Crippen LogP contribution in [0, 0.1) is 0 Å². The molecule has 42 heavy (non-hydrogen) atoms. The molecule has 2 aromatic heterocycles. The fourth-order valence-corrected chi connectivity index (χ4v) is 9.98. The van der Waals surface area contributed by atoms with Crippen molar-refractivity contribution in [1.82, 2.24) is 19.9 Å². The predicted octanol–water partition coefficient (Wildman–Crippen LogP) is 9.35. The van der Waals surface area contributed by atoms with E-state index in [1.54, 1.807) is 24.8 Å². The highest BCUT2D eigenvalue weighted by molar-refractivity contribution is 7.60. The Morgan fingerprint density at radius 1 is 0.571 bits per heavy atom. The van der Waals surface area contributed by atoms with Gasteiger partial charge < -0.3 is 0 Å². The number of aromatic nitrogens is 4. The van der Waals surface area contributed by atoms with E-state index in [0.717, 1.165) is 22.9 Å². The van der Waals surface area contributed by atoms with Crippen LogP contribution in [0.5, 0.6) is 0 Å². The van der Waals surface area contributed by atoms with Crippen LogP contribution in [0.1, 0.15) is 64.3 Å². The molecule has 0 radical (unpaired) electrons. The molecule has 5 rings (SSSR count). The molecule has 0 aliphatic rings. The summed E-state index contributed by atoms with van der Waals surface area (Å²) >= 11 is 0. The van der Waals surface area contributed by atoms with E-state index >= 15 is 0 Å². The van der Waals surface area contributed by atoms with Crippen molar-refractivity contribution in [3.63, 3.8) is 0 Å². The molecular weight excluding hydrogens is 550 g/mol. The van der Waals surface area contributed by atoms with Gasteiger partial charge in [0.05, 0.1) is 0 Å². The normalized spacial score (nSPS) is 12.5. The Balaban J connectivity index is 1.89. The smallest absolute Gasteiger partial charge is 0.150 e. The summed E-state index contributed by atoms with van der Waals surface area (Å²) < 4.78 is 0. The van der Waals surface area contributed by atoms with Crippen molar-refractivity contribution in [2.24, 2.45) is 0 Å². The third-order valence-corrected chi connectivity index (χ3v) is 12.3. The molecule has 0 fully saturated rings. The first-order valence-corrected chi connectivity index (χ1v) is 16.5. The van der Waals surface area contributed by atoms with E-state index in [1.807, 2.05) is 12.1 Å². The zero-order valence-corrected chi connectivity index (χ0v) is 27.5. The summed E-state index contributed by atoms with van der Waals surface area (Å²) in [6.07, 6.45) is 8.16. The molecule has 0 aliphatic heterocycles. The van der Waals surface area contributed by atoms with Crippen LogP contribution in [0.15, 0.2) is 110 Å². The van der Waals surface area contributed by atoms with Gasteiger partial charge in [0.1, 0.15) is 16.8 Å². The van der Waals surface area contributed by atoms with Crippen LogP contribution in [0.2, 0.25) is 0 Å². The molecule has 0 aliphatic carbocycles. The predicted molar refractivity (Wildman–Crippen MR) is 181 cm³/mol. The fourth-order valence-electron chi connectivity index (χ4n) is 5.85. The molecule has 3 aromatic carbocycles. The van der Waals surface area contributed by atoms with E-state index in [-0.39, 0.29) is 10.3 Å². The second kappa shape index (κ2) is 12.1. The van der Waals surface area contributed by atoms with Crippen LogP contribution in [-0.4, -0.2) is 30.2 Å². The lowest BCUT2D eigenvalue weighted by atomic mass is 9.84. The monoisotopic (exact) mass is 590 g/mol. The molecule has 2 heterocycles. The first-order valence-electron chi connectivity index (χ1n) is 14.4. The molecule has 0 N–H and O–H groups in total. The lowest BCUT2D eigenvalue weighted by Gasteiger charge is -2.43. The topological polar surface area (TPSA) is 51.6 Å². The van der Waals surface area contributed by atoms with Crippen molar-refractivity contribution in [2.75, 3.05) is 0 Å². The minimum Gasteiger partial charge on any atom is -0.240 e. The summed E-state index contributed by atoms with van der Waals surface area (Å²) in [4.78, 5) is 19.2. The Bertz CT molecular complexity index is 1560. The van der Waals surface area contributed by atoms with E-state index in [4.69, 9.17) is 19.9 Å². The first kappa shape index (κ1) is 30.1. The maximum Gasteiger partial charge on any atom is 0.150 e. The van der Waals surface area contributed by atoms with Crippen molar-refractivity contribution >= 4 is 17.2 Å². The van der Waals surface area contributed by atoms with Gasteiger partial charge in [0, 0.05) is 24.8 Å². The maximum atomic E-state index is 4.80. The van der Waals surface area contributed by atoms with E-state index in [0.29, 0.717) is 11.6 Å². The molecule has 4 nitrogen and oxygen atoms in total. The summed E-state index contributed by atoms with van der Waals surface area (Å²) in [5, 5.41) is -0.564. The van der Waals surface area contributed by atoms with E-state index < -0.39 is 13.1 Å². The second-order valence-corrected chi connectivity index (χ2v) is 17.4. The Hall–Kier alpha value is -3.32. The van der Waals surface area contributed by atoms with Gasteiger partial charge in [-0.15, -0.1) is 9.24 Å². The van der Waals surface area contributed by atoms with Gasteiger partial charge in [-0.2, -0.15) is 0 Å². The Morgan fingerprint density at radius 2 is 0.976 bits per heavy atom. The van der Waals surface area contributed by atoms with Crippen LogP contribution < -0.4 is 0 Å². The number of rotatable bonds is 7. The molecule has 5 aromatic rings. The van der Waals surface area contributed by atoms with E-state index in [9.17, 15) is 0 Å². The van der Waals surface area contributed by atoms with Crippen LogP contribution in [0.4, 0.5) is 0 Å². The highest BCUT2D eigenvalue weighted by Crippen LogP contribution is 2.62. The molecule has 1 atom stereocenters. The largest absolute Gasteiger partial charge is 0.240 e. The molecular formula is C36H40N4P2. The van der Waals surface area contributed by atoms with Crippen molar-refractivity contribution < 1.29 is 0 Å². The van der Waals surface area contributed by atoms with Gasteiger partial charge in [-0.3, -0.25) is 0 Å². The fraction of sp³-hybridized carbons (Fsp3) is 0.278. The summed E-state index contributed by atoms with van der Waals surface area (Å²) in [7, 11) is 2.62. The zero-order valence-electron chi connectivity index (χ0n) is 25.4. The van der Waals surface area contributed by atoms with Crippen molar-refractivity contribution in [3.05, 3.63) is 132 Å². The molecule has 6 heteroatoms. The minimum atomic E-state index is -0.854. The van der Waals surface area contributed by atoms with E-state index in [2.05, 4.69) is 124 Å². The summed E-state index contributed by atoms with van der Waals surface area (Å²) in [6, 6.07) is 29.8. The first-order chi connectivity index (χ1) is 20.0. The molecule has 1 unspecified atom stereocenters. The van der Waals surface area contributed by atoms with Crippen molar-refractivity contribution in [3.8, 4) is 22.3 Å². The van der Waals surface area contributed by atoms with Gasteiger partial charge in [-0.05, 0) is 74.1 Å².